The summed E-state index contributed by atoms with van der Waals surface area (Å²) in [7, 11) is -2.58. The fourth-order valence-electron chi connectivity index (χ4n) is 0. The number of hydrogen-bond donors (Lipinski definition) is 0. The van der Waals surface area contributed by atoms with Gasteiger partial charge in [0.1, 0.15) is 0 Å². The molecule has 0 aromatic carbocycles. The van der Waals surface area contributed by atoms with Crippen molar-refractivity contribution in [2.45, 2.75) is 58.9 Å². The van der Waals surface area contributed by atoms with Crippen molar-refractivity contribution in [2.24, 2.45) is 0 Å². The molecular weight excluding hydrogens is 396 g/mol. The van der Waals surface area contributed by atoms with E-state index in [9.17, 15) is 0 Å². The predicted octanol–water partition coefficient (Wildman–Crippen LogP) is 5.09. The smallest absolute Gasteiger partial charge is 0.342 e. The van der Waals surface area contributed by atoms with Gasteiger partial charge in [0, 0.05) is 0 Å². The molecule has 0 amide bonds. The third-order valence-corrected chi connectivity index (χ3v) is 0. The maximum atomic E-state index is 3.91. The molecule has 0 atom stereocenters. The van der Waals surface area contributed by atoms with Gasteiger partial charge in [-0.3, -0.25) is 0 Å². The van der Waals surface area contributed by atoms with Crippen molar-refractivity contribution in [3.05, 3.63) is 19.6 Å². The zero-order chi connectivity index (χ0) is 13.5. The van der Waals surface area contributed by atoms with Crippen molar-refractivity contribution >= 4 is 24.2 Å². The quantitative estimate of drug-likeness (QED) is 0.372. The minimum atomic E-state index is -0.861. The van der Waals surface area contributed by atoms with Crippen molar-refractivity contribution < 1.29 is 37.3 Å². The van der Waals surface area contributed by atoms with Crippen LogP contribution in [0.5, 0.6) is 0 Å². The van der Waals surface area contributed by atoms with E-state index in [4.69, 9.17) is 0 Å². The first-order chi connectivity index (χ1) is 6.00. The Labute approximate surface area is 139 Å². The standard InChI is InChI=1S/3C4H11Si.Er/c3*1-5(2,3)4;/h3*1H2,2-4H3;/q3*-1;+3. The first-order valence-electron chi connectivity index (χ1n) is 5.56. The average Bonchev–Trinajstić information content (AvgIpc) is 1.41. The zero-order valence-corrected chi connectivity index (χ0v) is 17.8. The van der Waals surface area contributed by atoms with Gasteiger partial charge in [0.2, 0.25) is 0 Å². The number of hydrogen-bond acceptors (Lipinski definition) is 0. The van der Waals surface area contributed by atoms with Gasteiger partial charge in [-0.05, 0) is 0 Å². The van der Waals surface area contributed by atoms with Crippen LogP contribution in [0.1, 0.15) is 0 Å². The van der Waals surface area contributed by atoms with Crippen LogP contribution < -0.4 is 0 Å². The Morgan fingerprint density at radius 1 is 0.438 bits per heavy atom. The van der Waals surface area contributed by atoms with Gasteiger partial charge < -0.3 is 19.6 Å². The van der Waals surface area contributed by atoms with Crippen molar-refractivity contribution in [2.75, 3.05) is 0 Å². The molecule has 0 bridgehead atoms. The molecule has 16 heavy (non-hydrogen) atoms. The van der Waals surface area contributed by atoms with Crippen LogP contribution in [0.15, 0.2) is 0 Å². The van der Waals surface area contributed by atoms with Crippen LogP contribution in [0.3, 0.4) is 0 Å². The maximum absolute atomic E-state index is 3.91. The van der Waals surface area contributed by atoms with Crippen LogP contribution in [0.4, 0.5) is 0 Å². The Morgan fingerprint density at radius 3 is 0.438 bits per heavy atom. The molecule has 0 saturated heterocycles. The van der Waals surface area contributed by atoms with E-state index in [2.05, 4.69) is 78.6 Å². The van der Waals surface area contributed by atoms with Gasteiger partial charge >= 0.3 is 37.3 Å². The third kappa shape index (κ3) is 980. The van der Waals surface area contributed by atoms with Crippen LogP contribution >= 0.6 is 0 Å². The minimum Gasteiger partial charge on any atom is -0.342 e. The molecule has 0 aliphatic heterocycles. The molecule has 0 saturated carbocycles. The summed E-state index contributed by atoms with van der Waals surface area (Å²) in [6.07, 6.45) is 0. The first-order valence-corrected chi connectivity index (χ1v) is 16.7. The molecule has 0 aliphatic carbocycles. The van der Waals surface area contributed by atoms with Gasteiger partial charge in [-0.15, -0.1) is 24.2 Å². The first kappa shape index (κ1) is 26.5. The summed E-state index contributed by atoms with van der Waals surface area (Å²) in [4.78, 5) is 0. The summed E-state index contributed by atoms with van der Waals surface area (Å²) < 4.78 is 0. The predicted molar refractivity (Wildman–Crippen MR) is 86.1 cm³/mol. The van der Waals surface area contributed by atoms with Gasteiger partial charge in [-0.2, -0.15) is 0 Å². The summed E-state index contributed by atoms with van der Waals surface area (Å²) >= 11 is 0. The molecule has 0 rings (SSSR count). The van der Waals surface area contributed by atoms with Gasteiger partial charge in [-0.1, -0.05) is 58.9 Å². The Kier molecular flexibility index (Phi) is 17.8. The molecule has 105 valence electrons. The summed E-state index contributed by atoms with van der Waals surface area (Å²) in [5.41, 5.74) is 0. The Hall–Kier alpha value is 1.90. The molecule has 0 nitrogen and oxygen atoms in total. The van der Waals surface area contributed by atoms with Crippen LogP contribution in [-0.4, -0.2) is 24.2 Å². The normalized spacial score (nSPS) is 11.2. The molecule has 0 aliphatic rings. The van der Waals surface area contributed by atoms with Crippen LogP contribution in [0.25, 0.3) is 0 Å². The fraction of sp³-hybridized carbons (Fsp3) is 0.750. The van der Waals surface area contributed by atoms with E-state index in [-0.39, 0.29) is 37.3 Å². The Bertz CT molecular complexity index is 91.3. The van der Waals surface area contributed by atoms with E-state index in [1.165, 1.54) is 0 Å². The molecule has 0 spiro atoms. The second-order valence-electron chi connectivity index (χ2n) is 7.68. The molecule has 1 radical (unpaired) electrons. The minimum absolute atomic E-state index is 0. The topological polar surface area (TPSA) is 0 Å². The van der Waals surface area contributed by atoms with E-state index in [1.807, 2.05) is 0 Å². The molecule has 0 unspecified atom stereocenters. The van der Waals surface area contributed by atoms with Gasteiger partial charge in [-0.25, -0.2) is 0 Å². The van der Waals surface area contributed by atoms with Gasteiger partial charge in [0.05, 0.1) is 0 Å². The molecule has 4 heteroatoms. The summed E-state index contributed by atoms with van der Waals surface area (Å²) in [5.74, 6) is 0. The van der Waals surface area contributed by atoms with Crippen molar-refractivity contribution in [1.82, 2.24) is 0 Å². The molecule has 0 aromatic rings. The van der Waals surface area contributed by atoms with Crippen LogP contribution in [0.2, 0.25) is 58.9 Å². The van der Waals surface area contributed by atoms with E-state index in [0.717, 1.165) is 0 Å². The zero-order valence-electron chi connectivity index (χ0n) is 12.9. The third-order valence-electron chi connectivity index (χ3n) is 0. The molecule has 0 aromatic heterocycles. The van der Waals surface area contributed by atoms with Crippen molar-refractivity contribution in [3.8, 4) is 0 Å². The second-order valence-corrected chi connectivity index (χ2v) is 23.0. The van der Waals surface area contributed by atoms with E-state index in [1.54, 1.807) is 0 Å². The van der Waals surface area contributed by atoms with Crippen LogP contribution in [0, 0.1) is 56.9 Å². The number of rotatable bonds is 0. The van der Waals surface area contributed by atoms with Crippen LogP contribution in [-0.2, 0) is 0 Å². The molecular formula is C12H33ErSi3. The van der Waals surface area contributed by atoms with Crippen molar-refractivity contribution in [3.63, 3.8) is 0 Å². The van der Waals surface area contributed by atoms with E-state index >= 15 is 0 Å². The molecule has 0 heterocycles. The van der Waals surface area contributed by atoms with E-state index < -0.39 is 24.2 Å². The second kappa shape index (κ2) is 10.8. The fourth-order valence-corrected chi connectivity index (χ4v) is 0. The Morgan fingerprint density at radius 2 is 0.438 bits per heavy atom. The summed E-state index contributed by atoms with van der Waals surface area (Å²) in [5, 5.41) is 0. The Balaban J connectivity index is -0.0000000655. The molecule has 0 fully saturated rings. The van der Waals surface area contributed by atoms with Gasteiger partial charge in [0.15, 0.2) is 0 Å². The monoisotopic (exact) mass is 427 g/mol. The average molecular weight is 429 g/mol. The SMILES string of the molecule is [CH2-][Si](C)(C)C.[CH2-][Si](C)(C)C.[CH2-][Si](C)(C)C.[Er+3]. The molecule has 0 N–H and O–H groups in total. The summed E-state index contributed by atoms with van der Waals surface area (Å²) in [6, 6.07) is 0. The summed E-state index contributed by atoms with van der Waals surface area (Å²) in [6.45, 7) is 31.7. The van der Waals surface area contributed by atoms with E-state index in [0.29, 0.717) is 0 Å². The van der Waals surface area contributed by atoms with Gasteiger partial charge in [0.25, 0.3) is 0 Å². The largest absolute Gasteiger partial charge is 3.00 e. The van der Waals surface area contributed by atoms with Crippen molar-refractivity contribution in [1.29, 1.82) is 0 Å². The maximum Gasteiger partial charge on any atom is 3.00 e.